The standard InChI is InChI=1S/C38H40F3N3O4S/c1-28-13-11-16-30(23-28)26-43(35(24-29-14-5-2-6-15-29)37(46)42-32-18-7-3-8-19-32)36(45)27-44(49(47,48)34-21-9-4-10-22-34)33-20-12-17-31(25-33)38(39,40)41/h2,4-6,9-17,20-23,25,32,35H,3,7-8,18-19,24,26-27H2,1H3,(H,42,46)/t35-/m0/s1. The number of halogens is 3. The summed E-state index contributed by atoms with van der Waals surface area (Å²) < 4.78 is 70.4. The Labute approximate surface area is 285 Å². The second-order valence-electron chi connectivity index (χ2n) is 12.4. The van der Waals surface area contributed by atoms with Crippen molar-refractivity contribution < 1.29 is 31.2 Å². The molecule has 0 aromatic heterocycles. The predicted octanol–water partition coefficient (Wildman–Crippen LogP) is 7.30. The van der Waals surface area contributed by atoms with E-state index < -0.39 is 40.3 Å². The highest BCUT2D eigenvalue weighted by Crippen LogP contribution is 2.33. The molecule has 11 heteroatoms. The SMILES string of the molecule is Cc1cccc(CN(C(=O)CN(c2cccc(C(F)(F)F)c2)S(=O)(=O)c2ccccc2)[C@@H](Cc2ccccc2)C(=O)NC2CCCCC2)c1. The maximum Gasteiger partial charge on any atom is 0.416 e. The van der Waals surface area contributed by atoms with E-state index in [9.17, 15) is 31.2 Å². The fourth-order valence-electron chi connectivity index (χ4n) is 6.19. The van der Waals surface area contributed by atoms with Crippen molar-refractivity contribution in [2.45, 2.75) is 75.1 Å². The molecule has 258 valence electrons. The Morgan fingerprint density at radius 3 is 2.10 bits per heavy atom. The molecule has 0 spiro atoms. The summed E-state index contributed by atoms with van der Waals surface area (Å²) in [5.41, 5.74) is 1.05. The largest absolute Gasteiger partial charge is 0.416 e. The van der Waals surface area contributed by atoms with Crippen LogP contribution in [0.5, 0.6) is 0 Å². The number of carbonyl (C=O) groups is 2. The zero-order valence-corrected chi connectivity index (χ0v) is 28.1. The van der Waals surface area contributed by atoms with Gasteiger partial charge in [-0.05, 0) is 61.2 Å². The van der Waals surface area contributed by atoms with Gasteiger partial charge in [-0.1, -0.05) is 104 Å². The van der Waals surface area contributed by atoms with Crippen molar-refractivity contribution in [1.29, 1.82) is 0 Å². The summed E-state index contributed by atoms with van der Waals surface area (Å²) in [6.07, 6.45) is 0.0535. The molecule has 1 atom stereocenters. The van der Waals surface area contributed by atoms with Gasteiger partial charge < -0.3 is 10.2 Å². The third-order valence-electron chi connectivity index (χ3n) is 8.73. The number of alkyl halides is 3. The number of amides is 2. The molecule has 5 rings (SSSR count). The van der Waals surface area contributed by atoms with Crippen LogP contribution in [0.25, 0.3) is 0 Å². The zero-order valence-electron chi connectivity index (χ0n) is 27.3. The molecule has 0 aliphatic heterocycles. The van der Waals surface area contributed by atoms with Gasteiger partial charge >= 0.3 is 6.18 Å². The van der Waals surface area contributed by atoms with Gasteiger partial charge in [-0.3, -0.25) is 13.9 Å². The maximum absolute atomic E-state index is 14.6. The minimum absolute atomic E-state index is 0.0298. The van der Waals surface area contributed by atoms with Crippen LogP contribution in [-0.2, 0) is 38.8 Å². The monoisotopic (exact) mass is 691 g/mol. The van der Waals surface area contributed by atoms with Crippen molar-refractivity contribution in [3.8, 4) is 0 Å². The summed E-state index contributed by atoms with van der Waals surface area (Å²) in [5, 5.41) is 3.15. The van der Waals surface area contributed by atoms with E-state index in [2.05, 4.69) is 5.32 Å². The summed E-state index contributed by atoms with van der Waals surface area (Å²) >= 11 is 0. The van der Waals surface area contributed by atoms with Gasteiger partial charge in [-0.25, -0.2) is 8.42 Å². The number of sulfonamides is 1. The number of benzene rings is 4. The number of hydrogen-bond acceptors (Lipinski definition) is 4. The molecule has 2 amide bonds. The summed E-state index contributed by atoms with van der Waals surface area (Å²) in [7, 11) is -4.53. The van der Waals surface area contributed by atoms with Gasteiger partial charge in [0.1, 0.15) is 12.6 Å². The number of aryl methyl sites for hydroxylation is 1. The fraction of sp³-hybridized carbons (Fsp3) is 0.316. The molecule has 4 aromatic carbocycles. The number of hydrogen-bond donors (Lipinski definition) is 1. The summed E-state index contributed by atoms with van der Waals surface area (Å²) in [6, 6.07) is 26.7. The second kappa shape index (κ2) is 15.7. The smallest absolute Gasteiger partial charge is 0.352 e. The van der Waals surface area contributed by atoms with Gasteiger partial charge in [0.2, 0.25) is 11.8 Å². The average molecular weight is 692 g/mol. The summed E-state index contributed by atoms with van der Waals surface area (Å²) in [4.78, 5) is 30.0. The van der Waals surface area contributed by atoms with Crippen LogP contribution in [0, 0.1) is 6.92 Å². The van der Waals surface area contributed by atoms with Gasteiger partial charge in [-0.15, -0.1) is 0 Å². The van der Waals surface area contributed by atoms with Crippen molar-refractivity contribution in [3.63, 3.8) is 0 Å². The van der Waals surface area contributed by atoms with Crippen molar-refractivity contribution in [1.82, 2.24) is 10.2 Å². The van der Waals surface area contributed by atoms with Crippen LogP contribution in [0.15, 0.2) is 114 Å². The molecule has 1 saturated carbocycles. The second-order valence-corrected chi connectivity index (χ2v) is 14.3. The molecule has 0 saturated heterocycles. The lowest BCUT2D eigenvalue weighted by atomic mass is 9.94. The molecule has 1 aliphatic rings. The predicted molar refractivity (Wildman–Crippen MR) is 183 cm³/mol. The molecule has 1 N–H and O–H groups in total. The molecule has 1 fully saturated rings. The Hall–Kier alpha value is -4.64. The van der Waals surface area contributed by atoms with Crippen LogP contribution in [0.4, 0.5) is 18.9 Å². The summed E-state index contributed by atoms with van der Waals surface area (Å²) in [6.45, 7) is 1.03. The van der Waals surface area contributed by atoms with Crippen molar-refractivity contribution in [3.05, 3.63) is 131 Å². The van der Waals surface area contributed by atoms with Crippen LogP contribution in [0.2, 0.25) is 0 Å². The van der Waals surface area contributed by atoms with E-state index in [0.717, 1.165) is 61.4 Å². The first-order valence-electron chi connectivity index (χ1n) is 16.4. The van der Waals surface area contributed by atoms with Crippen molar-refractivity contribution in [2.24, 2.45) is 0 Å². The first-order valence-corrected chi connectivity index (χ1v) is 17.8. The Kier molecular flexibility index (Phi) is 11.4. The van der Waals surface area contributed by atoms with E-state index in [-0.39, 0.29) is 35.5 Å². The first kappa shape index (κ1) is 35.7. The third-order valence-corrected chi connectivity index (χ3v) is 10.5. The summed E-state index contributed by atoms with van der Waals surface area (Å²) in [5.74, 6) is -1.11. The van der Waals surface area contributed by atoms with E-state index in [4.69, 9.17) is 0 Å². The van der Waals surface area contributed by atoms with Crippen LogP contribution >= 0.6 is 0 Å². The average Bonchev–Trinajstić information content (AvgIpc) is 3.09. The normalized spacial score (nSPS) is 14.5. The van der Waals surface area contributed by atoms with Crippen LogP contribution < -0.4 is 9.62 Å². The molecule has 0 bridgehead atoms. The topological polar surface area (TPSA) is 86.8 Å². The van der Waals surface area contributed by atoms with Gasteiger partial charge in [-0.2, -0.15) is 13.2 Å². The molecule has 49 heavy (non-hydrogen) atoms. The first-order chi connectivity index (χ1) is 23.4. The minimum atomic E-state index is -4.75. The highest BCUT2D eigenvalue weighted by atomic mass is 32.2. The Balaban J connectivity index is 1.59. The van der Waals surface area contributed by atoms with Gasteiger partial charge in [0.15, 0.2) is 0 Å². The van der Waals surface area contributed by atoms with Gasteiger partial charge in [0.25, 0.3) is 10.0 Å². The van der Waals surface area contributed by atoms with E-state index in [0.29, 0.717) is 9.87 Å². The highest BCUT2D eigenvalue weighted by Gasteiger charge is 2.37. The molecule has 0 heterocycles. The molecule has 0 radical (unpaired) electrons. The van der Waals surface area contributed by atoms with Crippen molar-refractivity contribution >= 4 is 27.5 Å². The third kappa shape index (κ3) is 9.29. The van der Waals surface area contributed by atoms with Gasteiger partial charge in [0, 0.05) is 19.0 Å². The number of nitrogens with one attached hydrogen (secondary N) is 1. The number of anilines is 1. The fourth-order valence-corrected chi connectivity index (χ4v) is 7.62. The van der Waals surface area contributed by atoms with Crippen molar-refractivity contribution in [2.75, 3.05) is 10.8 Å². The molecule has 7 nitrogen and oxygen atoms in total. The van der Waals surface area contributed by atoms with E-state index in [1.165, 1.54) is 35.2 Å². The number of rotatable bonds is 12. The Morgan fingerprint density at radius 2 is 1.45 bits per heavy atom. The molecule has 0 unspecified atom stereocenters. The van der Waals surface area contributed by atoms with Crippen LogP contribution in [0.1, 0.15) is 54.4 Å². The minimum Gasteiger partial charge on any atom is -0.352 e. The zero-order chi connectivity index (χ0) is 35.0. The molecular formula is C38H40F3N3O4S. The lowest BCUT2D eigenvalue weighted by molar-refractivity contribution is -0.140. The number of carbonyl (C=O) groups excluding carboxylic acids is 2. The quantitative estimate of drug-likeness (QED) is 0.169. The Bertz CT molecular complexity index is 1830. The number of nitrogens with zero attached hydrogens (tertiary/aromatic N) is 2. The van der Waals surface area contributed by atoms with E-state index >= 15 is 0 Å². The van der Waals surface area contributed by atoms with Crippen LogP contribution in [0.3, 0.4) is 0 Å². The lowest BCUT2D eigenvalue weighted by Crippen LogP contribution is -2.55. The van der Waals surface area contributed by atoms with Crippen LogP contribution in [-0.4, -0.2) is 43.8 Å². The van der Waals surface area contributed by atoms with Gasteiger partial charge in [0.05, 0.1) is 16.1 Å². The molecular weight excluding hydrogens is 651 g/mol. The van der Waals surface area contributed by atoms with E-state index in [1.807, 2.05) is 61.5 Å². The maximum atomic E-state index is 14.6. The Morgan fingerprint density at radius 1 is 0.816 bits per heavy atom. The van der Waals surface area contributed by atoms with E-state index in [1.54, 1.807) is 6.07 Å². The molecule has 1 aliphatic carbocycles. The molecule has 4 aromatic rings. The highest BCUT2D eigenvalue weighted by molar-refractivity contribution is 7.92. The lowest BCUT2D eigenvalue weighted by Gasteiger charge is -2.35.